The lowest BCUT2D eigenvalue weighted by molar-refractivity contribution is 0.467. The molecule has 1 N–H and O–H groups in total. The van der Waals surface area contributed by atoms with Crippen LogP contribution in [0.15, 0.2) is 48.5 Å². The van der Waals surface area contributed by atoms with Gasteiger partial charge in [-0.1, -0.05) is 30.3 Å². The third-order valence-electron chi connectivity index (χ3n) is 3.10. The van der Waals surface area contributed by atoms with Crippen LogP contribution in [0.1, 0.15) is 18.1 Å². The van der Waals surface area contributed by atoms with Crippen molar-refractivity contribution in [3.63, 3.8) is 0 Å². The van der Waals surface area contributed by atoms with Crippen LogP contribution in [-0.4, -0.2) is 11.7 Å². The molecule has 0 heterocycles. The number of phenolic OH excluding ortho intramolecular Hbond substituents is 1. The van der Waals surface area contributed by atoms with Crippen molar-refractivity contribution in [3.05, 3.63) is 59.7 Å². The Kier molecular flexibility index (Phi) is 3.88. The summed E-state index contributed by atoms with van der Waals surface area (Å²) in [4.78, 5) is 2.25. The summed E-state index contributed by atoms with van der Waals surface area (Å²) in [6, 6.07) is 15.9. The molecule has 94 valence electrons. The van der Waals surface area contributed by atoms with E-state index in [0.29, 0.717) is 5.75 Å². The highest BCUT2D eigenvalue weighted by atomic mass is 16.3. The van der Waals surface area contributed by atoms with Gasteiger partial charge in [0.25, 0.3) is 0 Å². The summed E-state index contributed by atoms with van der Waals surface area (Å²) in [6.45, 7) is 5.87. The molecular weight excluding hydrogens is 222 g/mol. The Labute approximate surface area is 109 Å². The average molecular weight is 241 g/mol. The van der Waals surface area contributed by atoms with E-state index in [0.717, 1.165) is 18.7 Å². The second-order valence-electron chi connectivity index (χ2n) is 4.48. The lowest BCUT2D eigenvalue weighted by atomic mass is 10.1. The summed E-state index contributed by atoms with van der Waals surface area (Å²) < 4.78 is 0. The molecule has 0 amide bonds. The van der Waals surface area contributed by atoms with Crippen LogP contribution < -0.4 is 4.90 Å². The molecule has 2 rings (SSSR count). The summed E-state index contributed by atoms with van der Waals surface area (Å²) in [5.41, 5.74) is 3.41. The number of benzene rings is 2. The van der Waals surface area contributed by atoms with E-state index in [1.165, 1.54) is 11.3 Å². The molecule has 0 saturated carbocycles. The molecule has 0 aliphatic carbocycles. The van der Waals surface area contributed by atoms with Gasteiger partial charge in [0.15, 0.2) is 0 Å². The number of rotatable bonds is 4. The van der Waals surface area contributed by atoms with Gasteiger partial charge in [0.2, 0.25) is 0 Å². The Hall–Kier alpha value is -1.96. The van der Waals surface area contributed by atoms with Gasteiger partial charge >= 0.3 is 0 Å². The van der Waals surface area contributed by atoms with Crippen LogP contribution in [0.25, 0.3) is 0 Å². The third kappa shape index (κ3) is 2.83. The Bertz CT molecular complexity index is 522. The number of nitrogens with zero attached hydrogens (tertiary/aromatic N) is 1. The number of phenols is 1. The van der Waals surface area contributed by atoms with Crippen LogP contribution in [0.5, 0.6) is 5.75 Å². The van der Waals surface area contributed by atoms with Crippen LogP contribution in [0.3, 0.4) is 0 Å². The van der Waals surface area contributed by atoms with Crippen molar-refractivity contribution in [2.45, 2.75) is 20.4 Å². The van der Waals surface area contributed by atoms with Gasteiger partial charge < -0.3 is 10.0 Å². The topological polar surface area (TPSA) is 23.5 Å². The standard InChI is InChI=1S/C16H19NO/c1-3-17(15-9-6-7-13(2)11-15)12-14-8-4-5-10-16(14)18/h4-11,18H,3,12H2,1-2H3. The first-order valence-corrected chi connectivity index (χ1v) is 6.29. The molecule has 2 aromatic carbocycles. The van der Waals surface area contributed by atoms with Crippen molar-refractivity contribution in [3.8, 4) is 5.75 Å². The number of para-hydroxylation sites is 1. The minimum absolute atomic E-state index is 0.364. The first-order chi connectivity index (χ1) is 8.70. The van der Waals surface area contributed by atoms with Gasteiger partial charge in [-0.2, -0.15) is 0 Å². The maximum atomic E-state index is 9.83. The average Bonchev–Trinajstić information content (AvgIpc) is 2.38. The SMILES string of the molecule is CCN(Cc1ccccc1O)c1cccc(C)c1. The molecule has 2 nitrogen and oxygen atoms in total. The number of hydrogen-bond acceptors (Lipinski definition) is 2. The van der Waals surface area contributed by atoms with Crippen molar-refractivity contribution >= 4 is 5.69 Å². The van der Waals surface area contributed by atoms with Crippen LogP contribution in [0.2, 0.25) is 0 Å². The normalized spacial score (nSPS) is 10.3. The summed E-state index contributed by atoms with van der Waals surface area (Å²) >= 11 is 0. The fraction of sp³-hybridized carbons (Fsp3) is 0.250. The predicted octanol–water partition coefficient (Wildman–Crippen LogP) is 3.73. The fourth-order valence-electron chi connectivity index (χ4n) is 2.06. The van der Waals surface area contributed by atoms with E-state index >= 15 is 0 Å². The molecule has 0 bridgehead atoms. The summed E-state index contributed by atoms with van der Waals surface area (Å²) in [5.74, 6) is 0.364. The molecule has 0 unspecified atom stereocenters. The molecule has 0 aliphatic rings. The smallest absolute Gasteiger partial charge is 0.120 e. The van der Waals surface area contributed by atoms with Crippen LogP contribution >= 0.6 is 0 Å². The maximum absolute atomic E-state index is 9.83. The van der Waals surface area contributed by atoms with Crippen molar-refractivity contribution < 1.29 is 5.11 Å². The van der Waals surface area contributed by atoms with E-state index < -0.39 is 0 Å². The highest BCUT2D eigenvalue weighted by Crippen LogP contribution is 2.22. The minimum atomic E-state index is 0.364. The molecule has 0 fully saturated rings. The molecule has 0 saturated heterocycles. The number of hydrogen-bond donors (Lipinski definition) is 1. The van der Waals surface area contributed by atoms with E-state index in [9.17, 15) is 5.11 Å². The second kappa shape index (κ2) is 5.58. The summed E-state index contributed by atoms with van der Waals surface area (Å²) in [5, 5.41) is 9.83. The van der Waals surface area contributed by atoms with Gasteiger partial charge in [-0.3, -0.25) is 0 Å². The van der Waals surface area contributed by atoms with Gasteiger partial charge in [-0.25, -0.2) is 0 Å². The van der Waals surface area contributed by atoms with Gasteiger partial charge in [0.05, 0.1) is 0 Å². The molecule has 2 aromatic rings. The quantitative estimate of drug-likeness (QED) is 0.881. The number of aryl methyl sites for hydroxylation is 1. The second-order valence-corrected chi connectivity index (χ2v) is 4.48. The molecule has 0 atom stereocenters. The van der Waals surface area contributed by atoms with E-state index in [4.69, 9.17) is 0 Å². The molecule has 0 spiro atoms. The van der Waals surface area contributed by atoms with Gasteiger partial charge in [-0.15, -0.1) is 0 Å². The van der Waals surface area contributed by atoms with Crippen LogP contribution in [-0.2, 0) is 6.54 Å². The Balaban J connectivity index is 2.23. The van der Waals surface area contributed by atoms with Crippen molar-refractivity contribution in [1.82, 2.24) is 0 Å². The van der Waals surface area contributed by atoms with Crippen LogP contribution in [0.4, 0.5) is 5.69 Å². The predicted molar refractivity (Wildman–Crippen MR) is 76.0 cm³/mol. The Morgan fingerprint density at radius 2 is 1.83 bits per heavy atom. The monoisotopic (exact) mass is 241 g/mol. The molecule has 18 heavy (non-hydrogen) atoms. The van der Waals surface area contributed by atoms with Gasteiger partial charge in [-0.05, 0) is 37.6 Å². The molecule has 0 radical (unpaired) electrons. The Morgan fingerprint density at radius 3 is 2.50 bits per heavy atom. The van der Waals surface area contributed by atoms with E-state index in [2.05, 4.69) is 43.0 Å². The third-order valence-corrected chi connectivity index (χ3v) is 3.10. The zero-order chi connectivity index (χ0) is 13.0. The molecule has 0 aliphatic heterocycles. The van der Waals surface area contributed by atoms with Crippen molar-refractivity contribution in [1.29, 1.82) is 0 Å². The number of aromatic hydroxyl groups is 1. The van der Waals surface area contributed by atoms with E-state index in [1.807, 2.05) is 18.2 Å². The lowest BCUT2D eigenvalue weighted by Crippen LogP contribution is -2.22. The van der Waals surface area contributed by atoms with Gasteiger partial charge in [0.1, 0.15) is 5.75 Å². The first kappa shape index (κ1) is 12.5. The fourth-order valence-corrected chi connectivity index (χ4v) is 2.06. The first-order valence-electron chi connectivity index (χ1n) is 6.29. The summed E-state index contributed by atoms with van der Waals surface area (Å²) in [7, 11) is 0. The van der Waals surface area contributed by atoms with Crippen LogP contribution in [0, 0.1) is 6.92 Å². The molecule has 2 heteroatoms. The van der Waals surface area contributed by atoms with Crippen molar-refractivity contribution in [2.75, 3.05) is 11.4 Å². The number of anilines is 1. The summed E-state index contributed by atoms with van der Waals surface area (Å²) in [6.07, 6.45) is 0. The zero-order valence-electron chi connectivity index (χ0n) is 10.9. The van der Waals surface area contributed by atoms with Gasteiger partial charge in [0, 0.05) is 24.3 Å². The highest BCUT2D eigenvalue weighted by Gasteiger charge is 2.07. The van der Waals surface area contributed by atoms with E-state index in [-0.39, 0.29) is 0 Å². The lowest BCUT2D eigenvalue weighted by Gasteiger charge is -2.24. The zero-order valence-corrected chi connectivity index (χ0v) is 10.9. The maximum Gasteiger partial charge on any atom is 0.120 e. The minimum Gasteiger partial charge on any atom is -0.508 e. The Morgan fingerprint density at radius 1 is 1.06 bits per heavy atom. The van der Waals surface area contributed by atoms with Crippen molar-refractivity contribution in [2.24, 2.45) is 0 Å². The molecule has 0 aromatic heterocycles. The molecular formula is C16H19NO. The largest absolute Gasteiger partial charge is 0.508 e. The van der Waals surface area contributed by atoms with E-state index in [1.54, 1.807) is 6.07 Å². The highest BCUT2D eigenvalue weighted by molar-refractivity contribution is 5.49.